The molecule has 1 atom stereocenters. The Labute approximate surface area is 141 Å². The van der Waals surface area contributed by atoms with Gasteiger partial charge < -0.3 is 9.84 Å². The molecular formula is C14H23Cl3O4. The van der Waals surface area contributed by atoms with Crippen molar-refractivity contribution in [2.45, 2.75) is 62.6 Å². The van der Waals surface area contributed by atoms with Gasteiger partial charge >= 0.3 is 11.9 Å². The van der Waals surface area contributed by atoms with Gasteiger partial charge in [0.25, 0.3) is 0 Å². The lowest BCUT2D eigenvalue weighted by atomic mass is 9.84. The Hall–Kier alpha value is -0.190. The molecule has 0 aliphatic heterocycles. The highest BCUT2D eigenvalue weighted by Gasteiger charge is 2.43. The summed E-state index contributed by atoms with van der Waals surface area (Å²) in [5, 5.41) is 9.27. The minimum atomic E-state index is -1.74. The van der Waals surface area contributed by atoms with Crippen molar-refractivity contribution in [3.8, 4) is 0 Å². The second-order valence-corrected chi connectivity index (χ2v) is 7.86. The van der Waals surface area contributed by atoms with E-state index in [1.807, 2.05) is 0 Å². The minimum absolute atomic E-state index is 0.215. The number of esters is 1. The van der Waals surface area contributed by atoms with E-state index in [2.05, 4.69) is 6.92 Å². The summed E-state index contributed by atoms with van der Waals surface area (Å²) in [4.78, 5) is 23.3. The number of aliphatic carboxylic acids is 1. The van der Waals surface area contributed by atoms with Crippen molar-refractivity contribution in [2.24, 2.45) is 5.41 Å². The Morgan fingerprint density at radius 1 is 1.05 bits per heavy atom. The number of alkyl halides is 3. The average Bonchev–Trinajstić information content (AvgIpc) is 2.38. The van der Waals surface area contributed by atoms with Crippen LogP contribution in [-0.2, 0) is 14.3 Å². The van der Waals surface area contributed by atoms with Crippen LogP contribution in [0.4, 0.5) is 0 Å². The van der Waals surface area contributed by atoms with Crippen LogP contribution in [0.3, 0.4) is 0 Å². The maximum absolute atomic E-state index is 11.9. The molecule has 0 aliphatic carbocycles. The van der Waals surface area contributed by atoms with Gasteiger partial charge in [-0.15, -0.1) is 0 Å². The second-order valence-electron chi connectivity index (χ2n) is 5.35. The third kappa shape index (κ3) is 8.74. The van der Waals surface area contributed by atoms with Crippen molar-refractivity contribution in [3.63, 3.8) is 0 Å². The van der Waals surface area contributed by atoms with Crippen LogP contribution >= 0.6 is 34.8 Å². The summed E-state index contributed by atoms with van der Waals surface area (Å²) in [5.41, 5.74) is -1.60. The molecule has 21 heavy (non-hydrogen) atoms. The highest BCUT2D eigenvalue weighted by atomic mass is 35.6. The molecular weight excluding hydrogens is 339 g/mol. The summed E-state index contributed by atoms with van der Waals surface area (Å²) in [6.45, 7) is 3.01. The monoisotopic (exact) mass is 360 g/mol. The zero-order chi connectivity index (χ0) is 16.5. The van der Waals surface area contributed by atoms with E-state index < -0.39 is 27.8 Å². The van der Waals surface area contributed by atoms with Crippen LogP contribution in [0.15, 0.2) is 0 Å². The number of carboxylic acid groups (broad SMARTS) is 1. The van der Waals surface area contributed by atoms with E-state index >= 15 is 0 Å². The van der Waals surface area contributed by atoms with Crippen LogP contribution in [0, 0.1) is 5.41 Å². The zero-order valence-corrected chi connectivity index (χ0v) is 14.7. The molecule has 0 saturated carbocycles. The third-order valence-electron chi connectivity index (χ3n) is 3.32. The molecule has 124 valence electrons. The summed E-state index contributed by atoms with van der Waals surface area (Å²) in [5.74, 6) is -2.08. The Morgan fingerprint density at radius 2 is 1.57 bits per heavy atom. The van der Waals surface area contributed by atoms with Gasteiger partial charge in [0.05, 0.1) is 0 Å². The Balaban J connectivity index is 4.35. The molecule has 0 fully saturated rings. The van der Waals surface area contributed by atoms with E-state index in [0.29, 0.717) is 6.42 Å². The molecule has 0 spiro atoms. The van der Waals surface area contributed by atoms with Crippen LogP contribution in [-0.4, -0.2) is 27.4 Å². The number of unbranched alkanes of at least 4 members (excludes halogenated alkanes) is 5. The van der Waals surface area contributed by atoms with Gasteiger partial charge in [-0.1, -0.05) is 80.3 Å². The third-order valence-corrected chi connectivity index (χ3v) is 3.65. The van der Waals surface area contributed by atoms with Crippen LogP contribution in [0.5, 0.6) is 0 Å². The lowest BCUT2D eigenvalue weighted by Gasteiger charge is -2.23. The Kier molecular flexibility index (Phi) is 9.66. The number of hydrogen-bond donors (Lipinski definition) is 1. The van der Waals surface area contributed by atoms with Crippen molar-refractivity contribution in [1.82, 2.24) is 0 Å². The number of carbonyl (C=O) groups is 2. The van der Waals surface area contributed by atoms with Gasteiger partial charge in [0.1, 0.15) is 6.61 Å². The summed E-state index contributed by atoms with van der Waals surface area (Å²) in [7, 11) is 0. The summed E-state index contributed by atoms with van der Waals surface area (Å²) in [6.07, 6.45) is 6.23. The van der Waals surface area contributed by atoms with E-state index in [1.165, 1.54) is 13.3 Å². The smallest absolute Gasteiger partial charge is 0.323 e. The van der Waals surface area contributed by atoms with Gasteiger partial charge in [-0.3, -0.25) is 9.59 Å². The molecule has 0 rings (SSSR count). The summed E-state index contributed by atoms with van der Waals surface area (Å²) < 4.78 is 3.07. The quantitative estimate of drug-likeness (QED) is 0.264. The van der Waals surface area contributed by atoms with E-state index in [1.54, 1.807) is 0 Å². The molecule has 0 aliphatic rings. The van der Waals surface area contributed by atoms with Gasteiger partial charge in [0.2, 0.25) is 3.79 Å². The lowest BCUT2D eigenvalue weighted by Crippen LogP contribution is -2.39. The fourth-order valence-electron chi connectivity index (χ4n) is 1.86. The highest BCUT2D eigenvalue weighted by molar-refractivity contribution is 6.67. The maximum atomic E-state index is 11.9. The molecule has 0 saturated heterocycles. The largest absolute Gasteiger partial charge is 0.480 e. The molecule has 0 unspecified atom stereocenters. The first-order valence-electron chi connectivity index (χ1n) is 7.11. The lowest BCUT2D eigenvalue weighted by molar-refractivity contribution is -0.168. The zero-order valence-electron chi connectivity index (χ0n) is 12.5. The normalized spacial score (nSPS) is 14.5. The summed E-state index contributed by atoms with van der Waals surface area (Å²) >= 11 is 16.5. The molecule has 7 heteroatoms. The van der Waals surface area contributed by atoms with Gasteiger partial charge in [-0.25, -0.2) is 0 Å². The van der Waals surface area contributed by atoms with Crippen LogP contribution in [0.1, 0.15) is 58.8 Å². The molecule has 0 aromatic rings. The summed E-state index contributed by atoms with van der Waals surface area (Å²) in [6, 6.07) is 0. The Bertz CT molecular complexity index is 342. The van der Waals surface area contributed by atoms with Gasteiger partial charge in [-0.2, -0.15) is 0 Å². The molecule has 0 aromatic heterocycles. The first-order chi connectivity index (χ1) is 9.63. The second kappa shape index (κ2) is 9.75. The fourth-order valence-corrected chi connectivity index (χ4v) is 2.03. The number of ether oxygens (including phenoxy) is 1. The van der Waals surface area contributed by atoms with Gasteiger partial charge in [0.15, 0.2) is 5.41 Å². The van der Waals surface area contributed by atoms with Gasteiger partial charge in [0, 0.05) is 0 Å². The van der Waals surface area contributed by atoms with E-state index in [-0.39, 0.29) is 6.42 Å². The number of halogens is 3. The maximum Gasteiger partial charge on any atom is 0.323 e. The number of rotatable bonds is 10. The van der Waals surface area contributed by atoms with E-state index in [4.69, 9.17) is 39.5 Å². The molecule has 1 N–H and O–H groups in total. The van der Waals surface area contributed by atoms with Crippen molar-refractivity contribution >= 4 is 46.7 Å². The van der Waals surface area contributed by atoms with Crippen molar-refractivity contribution < 1.29 is 19.4 Å². The first kappa shape index (κ1) is 20.8. The molecule has 0 amide bonds. The fraction of sp³-hybridized carbons (Fsp3) is 0.857. The predicted octanol–water partition coefficient (Wildman–Crippen LogP) is 4.74. The molecule has 0 heterocycles. The molecule has 0 radical (unpaired) electrons. The predicted molar refractivity (Wildman–Crippen MR) is 85.0 cm³/mol. The van der Waals surface area contributed by atoms with E-state index in [0.717, 1.165) is 25.7 Å². The number of hydrogen-bond acceptors (Lipinski definition) is 3. The van der Waals surface area contributed by atoms with Crippen LogP contribution in [0.2, 0.25) is 0 Å². The highest BCUT2D eigenvalue weighted by Crippen LogP contribution is 2.30. The standard InChI is InChI=1S/C14H23Cl3O4/c1-3-4-5-6-7-8-9-13(2,11(18)19)12(20)21-10-14(15,16)17/h3-10H2,1-2H3,(H,18,19)/t13-/m1/s1. The molecule has 0 bridgehead atoms. The topological polar surface area (TPSA) is 63.6 Å². The van der Waals surface area contributed by atoms with Crippen LogP contribution in [0.25, 0.3) is 0 Å². The number of carbonyl (C=O) groups excluding carboxylic acids is 1. The Morgan fingerprint density at radius 3 is 2.05 bits per heavy atom. The average molecular weight is 362 g/mol. The molecule has 0 aromatic carbocycles. The van der Waals surface area contributed by atoms with Crippen molar-refractivity contribution in [2.75, 3.05) is 6.61 Å². The number of carboxylic acids is 1. The SMILES string of the molecule is CCCCCCCC[C@](C)(C(=O)O)C(=O)OCC(Cl)(Cl)Cl. The minimum Gasteiger partial charge on any atom is -0.480 e. The van der Waals surface area contributed by atoms with Crippen LogP contribution < -0.4 is 0 Å². The van der Waals surface area contributed by atoms with Crippen molar-refractivity contribution in [1.29, 1.82) is 0 Å². The first-order valence-corrected chi connectivity index (χ1v) is 8.24. The van der Waals surface area contributed by atoms with E-state index in [9.17, 15) is 14.7 Å². The molecule has 4 nitrogen and oxygen atoms in total. The van der Waals surface area contributed by atoms with Crippen molar-refractivity contribution in [3.05, 3.63) is 0 Å². The van der Waals surface area contributed by atoms with Gasteiger partial charge in [-0.05, 0) is 13.3 Å².